The molecule has 0 spiro atoms. The maximum Gasteiger partial charge on any atom is 0.220 e. The highest BCUT2D eigenvalue weighted by Gasteiger charge is 2.21. The van der Waals surface area contributed by atoms with Crippen LogP contribution in [0.2, 0.25) is 0 Å². The smallest absolute Gasteiger partial charge is 0.220 e. The Morgan fingerprint density at radius 1 is 1.21 bits per heavy atom. The molecule has 2 aliphatic rings. The second kappa shape index (κ2) is 4.75. The summed E-state index contributed by atoms with van der Waals surface area (Å²) in [4.78, 5) is 10.9. The molecule has 3 N–H and O–H groups in total. The molecule has 2 aliphatic heterocycles. The van der Waals surface area contributed by atoms with Crippen molar-refractivity contribution in [3.63, 3.8) is 0 Å². The highest BCUT2D eigenvalue weighted by molar-refractivity contribution is 5.76. The zero-order chi connectivity index (χ0) is 9.80. The number of piperidine rings is 2. The standard InChI is InChI=1S/C10H19N3O/c14-10-4-3-9(7-12-10)13-8-2-1-5-11-6-8/h8-9,11,13H,1-7H2,(H,12,14). The zero-order valence-corrected chi connectivity index (χ0v) is 8.51. The predicted octanol–water partition coefficient (Wildman–Crippen LogP) is -0.393. The Hall–Kier alpha value is -0.610. The predicted molar refractivity (Wildman–Crippen MR) is 55.1 cm³/mol. The van der Waals surface area contributed by atoms with Crippen LogP contribution >= 0.6 is 0 Å². The third-order valence-corrected chi connectivity index (χ3v) is 3.03. The minimum Gasteiger partial charge on any atom is -0.355 e. The van der Waals surface area contributed by atoms with Crippen molar-refractivity contribution < 1.29 is 4.79 Å². The first kappa shape index (κ1) is 9.93. The normalized spacial score (nSPS) is 33.9. The van der Waals surface area contributed by atoms with E-state index in [1.165, 1.54) is 12.8 Å². The third kappa shape index (κ3) is 2.69. The van der Waals surface area contributed by atoms with Gasteiger partial charge in [0.2, 0.25) is 5.91 Å². The number of rotatable bonds is 2. The fraction of sp³-hybridized carbons (Fsp3) is 0.900. The largest absolute Gasteiger partial charge is 0.355 e. The lowest BCUT2D eigenvalue weighted by molar-refractivity contribution is -0.122. The van der Waals surface area contributed by atoms with Gasteiger partial charge in [0.15, 0.2) is 0 Å². The van der Waals surface area contributed by atoms with Gasteiger partial charge in [-0.1, -0.05) is 0 Å². The van der Waals surface area contributed by atoms with Crippen LogP contribution in [0.4, 0.5) is 0 Å². The highest BCUT2D eigenvalue weighted by atomic mass is 16.1. The van der Waals surface area contributed by atoms with Crippen molar-refractivity contribution in [3.8, 4) is 0 Å². The molecule has 80 valence electrons. The first-order valence-electron chi connectivity index (χ1n) is 5.58. The number of carbonyl (C=O) groups is 1. The van der Waals surface area contributed by atoms with Gasteiger partial charge in [0.05, 0.1) is 0 Å². The van der Waals surface area contributed by atoms with E-state index in [0.29, 0.717) is 18.5 Å². The Bertz CT molecular complexity index is 192. The zero-order valence-electron chi connectivity index (χ0n) is 8.51. The SMILES string of the molecule is O=C1CCC(NC2CCCNC2)CN1. The average molecular weight is 197 g/mol. The molecule has 2 unspecified atom stereocenters. The van der Waals surface area contributed by atoms with Crippen LogP contribution in [0.25, 0.3) is 0 Å². The van der Waals surface area contributed by atoms with Gasteiger partial charge in [-0.3, -0.25) is 4.79 Å². The molecule has 2 fully saturated rings. The van der Waals surface area contributed by atoms with E-state index in [1.54, 1.807) is 0 Å². The lowest BCUT2D eigenvalue weighted by atomic mass is 10.0. The van der Waals surface area contributed by atoms with Gasteiger partial charge in [-0.05, 0) is 25.8 Å². The summed E-state index contributed by atoms with van der Waals surface area (Å²) in [5, 5.41) is 9.88. The molecule has 4 heteroatoms. The molecule has 4 nitrogen and oxygen atoms in total. The van der Waals surface area contributed by atoms with E-state index in [1.807, 2.05) is 0 Å². The monoisotopic (exact) mass is 197 g/mol. The Morgan fingerprint density at radius 3 is 2.71 bits per heavy atom. The lowest BCUT2D eigenvalue weighted by Crippen LogP contribution is -2.53. The second-order valence-electron chi connectivity index (χ2n) is 4.25. The van der Waals surface area contributed by atoms with E-state index in [-0.39, 0.29) is 5.91 Å². The molecular formula is C10H19N3O. The molecule has 2 saturated heterocycles. The first-order valence-corrected chi connectivity index (χ1v) is 5.58. The van der Waals surface area contributed by atoms with Gasteiger partial charge in [0.25, 0.3) is 0 Å². The van der Waals surface area contributed by atoms with Crippen molar-refractivity contribution in [2.75, 3.05) is 19.6 Å². The van der Waals surface area contributed by atoms with Gasteiger partial charge in [0, 0.05) is 31.6 Å². The molecule has 2 rings (SSSR count). The minimum atomic E-state index is 0.199. The molecular weight excluding hydrogens is 178 g/mol. The van der Waals surface area contributed by atoms with E-state index in [0.717, 1.165) is 26.1 Å². The van der Waals surface area contributed by atoms with Crippen molar-refractivity contribution in [1.29, 1.82) is 0 Å². The molecule has 0 aromatic carbocycles. The van der Waals surface area contributed by atoms with Crippen LogP contribution in [0, 0.1) is 0 Å². The summed E-state index contributed by atoms with van der Waals surface area (Å²) in [5.74, 6) is 0.199. The van der Waals surface area contributed by atoms with Crippen LogP contribution in [-0.2, 0) is 4.79 Å². The Morgan fingerprint density at radius 2 is 2.07 bits per heavy atom. The van der Waals surface area contributed by atoms with Gasteiger partial charge < -0.3 is 16.0 Å². The van der Waals surface area contributed by atoms with Gasteiger partial charge in [-0.25, -0.2) is 0 Å². The van der Waals surface area contributed by atoms with Crippen LogP contribution in [0.5, 0.6) is 0 Å². The first-order chi connectivity index (χ1) is 6.84. The molecule has 14 heavy (non-hydrogen) atoms. The maximum atomic E-state index is 10.9. The van der Waals surface area contributed by atoms with Gasteiger partial charge in [0.1, 0.15) is 0 Å². The van der Waals surface area contributed by atoms with Crippen molar-refractivity contribution in [3.05, 3.63) is 0 Å². The quantitative estimate of drug-likeness (QED) is 0.565. The lowest BCUT2D eigenvalue weighted by Gasteiger charge is -2.31. The highest BCUT2D eigenvalue weighted by Crippen LogP contribution is 2.07. The van der Waals surface area contributed by atoms with E-state index in [2.05, 4.69) is 16.0 Å². The fourth-order valence-corrected chi connectivity index (χ4v) is 2.20. The van der Waals surface area contributed by atoms with Crippen molar-refractivity contribution >= 4 is 5.91 Å². The van der Waals surface area contributed by atoms with Crippen molar-refractivity contribution in [2.24, 2.45) is 0 Å². The number of hydrogen-bond donors (Lipinski definition) is 3. The molecule has 0 aliphatic carbocycles. The van der Waals surface area contributed by atoms with E-state index < -0.39 is 0 Å². The summed E-state index contributed by atoms with van der Waals surface area (Å²) in [6.45, 7) is 3.03. The summed E-state index contributed by atoms with van der Waals surface area (Å²) in [6, 6.07) is 1.08. The molecule has 2 atom stereocenters. The summed E-state index contributed by atoms with van der Waals surface area (Å²) in [7, 11) is 0. The van der Waals surface area contributed by atoms with Crippen LogP contribution in [0.15, 0.2) is 0 Å². The third-order valence-electron chi connectivity index (χ3n) is 3.03. The van der Waals surface area contributed by atoms with Crippen LogP contribution in [0.1, 0.15) is 25.7 Å². The molecule has 0 aromatic rings. The Labute approximate surface area is 84.8 Å². The van der Waals surface area contributed by atoms with Gasteiger partial charge >= 0.3 is 0 Å². The number of hydrogen-bond acceptors (Lipinski definition) is 3. The Balaban J connectivity index is 1.71. The van der Waals surface area contributed by atoms with E-state index >= 15 is 0 Å². The Kier molecular flexibility index (Phi) is 3.37. The average Bonchev–Trinajstić information content (AvgIpc) is 2.23. The molecule has 0 saturated carbocycles. The molecule has 0 bridgehead atoms. The molecule has 0 radical (unpaired) electrons. The van der Waals surface area contributed by atoms with Crippen LogP contribution in [-0.4, -0.2) is 37.6 Å². The van der Waals surface area contributed by atoms with Crippen LogP contribution < -0.4 is 16.0 Å². The second-order valence-corrected chi connectivity index (χ2v) is 4.25. The molecule has 1 amide bonds. The molecule has 2 heterocycles. The molecule has 0 aromatic heterocycles. The van der Waals surface area contributed by atoms with E-state index in [4.69, 9.17) is 0 Å². The summed E-state index contributed by atoms with van der Waals surface area (Å²) in [6.07, 6.45) is 4.19. The van der Waals surface area contributed by atoms with E-state index in [9.17, 15) is 4.79 Å². The van der Waals surface area contributed by atoms with Crippen molar-refractivity contribution in [2.45, 2.75) is 37.8 Å². The van der Waals surface area contributed by atoms with Crippen LogP contribution in [0.3, 0.4) is 0 Å². The summed E-state index contributed by atoms with van der Waals surface area (Å²) in [5.41, 5.74) is 0. The minimum absolute atomic E-state index is 0.199. The topological polar surface area (TPSA) is 53.2 Å². The summed E-state index contributed by atoms with van der Waals surface area (Å²) < 4.78 is 0. The number of carbonyl (C=O) groups excluding carboxylic acids is 1. The van der Waals surface area contributed by atoms with Gasteiger partial charge in [-0.2, -0.15) is 0 Å². The maximum absolute atomic E-state index is 10.9. The fourth-order valence-electron chi connectivity index (χ4n) is 2.20. The van der Waals surface area contributed by atoms with Crippen molar-refractivity contribution in [1.82, 2.24) is 16.0 Å². The summed E-state index contributed by atoms with van der Waals surface area (Å²) >= 11 is 0. The number of nitrogens with one attached hydrogen (secondary N) is 3. The number of amides is 1. The van der Waals surface area contributed by atoms with Gasteiger partial charge in [-0.15, -0.1) is 0 Å².